The Morgan fingerprint density at radius 3 is 2.73 bits per heavy atom. The van der Waals surface area contributed by atoms with Gasteiger partial charge in [-0.15, -0.1) is 0 Å². The maximum atomic E-state index is 13.1. The fourth-order valence-corrected chi connectivity index (χ4v) is 3.58. The molecule has 0 N–H and O–H groups in total. The number of esters is 1. The molecule has 1 unspecified atom stereocenters. The Bertz CT molecular complexity index is 779. The van der Waals surface area contributed by atoms with Crippen LogP contribution in [0, 0.1) is 5.92 Å². The number of rotatable bonds is 6. The Hall–Kier alpha value is -2.36. The van der Waals surface area contributed by atoms with Crippen LogP contribution in [0.5, 0.6) is 0 Å². The third kappa shape index (κ3) is 4.06. The van der Waals surface area contributed by atoms with Gasteiger partial charge in [-0.3, -0.25) is 4.79 Å². The number of hydrogen-bond acceptors (Lipinski definition) is 3. The van der Waals surface area contributed by atoms with Gasteiger partial charge in [0.15, 0.2) is 0 Å². The van der Waals surface area contributed by atoms with Crippen molar-refractivity contribution in [3.63, 3.8) is 0 Å². The first-order valence-electron chi connectivity index (χ1n) is 9.53. The molecule has 0 radical (unpaired) electrons. The average molecular weight is 353 g/mol. The van der Waals surface area contributed by atoms with E-state index in [0.717, 1.165) is 30.0 Å². The lowest BCUT2D eigenvalue weighted by Crippen LogP contribution is -2.41. The number of ether oxygens (including phenoxy) is 1. The second-order valence-corrected chi connectivity index (χ2v) is 7.39. The van der Waals surface area contributed by atoms with Gasteiger partial charge in [-0.2, -0.15) is 0 Å². The highest BCUT2D eigenvalue weighted by atomic mass is 16.5. The average Bonchev–Trinajstić information content (AvgIpc) is 3.14. The summed E-state index contributed by atoms with van der Waals surface area (Å²) in [6.45, 7) is 5.35. The van der Waals surface area contributed by atoms with Crippen LogP contribution < -0.4 is 0 Å². The van der Waals surface area contributed by atoms with Gasteiger partial charge in [-0.1, -0.05) is 50.2 Å². The zero-order valence-electron chi connectivity index (χ0n) is 15.6. The molecule has 0 saturated carbocycles. The van der Waals surface area contributed by atoms with Gasteiger partial charge >= 0.3 is 5.97 Å². The van der Waals surface area contributed by atoms with Crippen molar-refractivity contribution in [3.8, 4) is 0 Å². The van der Waals surface area contributed by atoms with Crippen molar-refractivity contribution in [3.05, 3.63) is 48.0 Å². The van der Waals surface area contributed by atoms with Crippen molar-refractivity contribution < 1.29 is 14.3 Å². The lowest BCUT2D eigenvalue weighted by molar-refractivity contribution is -0.148. The predicted molar refractivity (Wildman–Crippen MR) is 103 cm³/mol. The van der Waals surface area contributed by atoms with E-state index >= 15 is 0 Å². The maximum Gasteiger partial charge on any atom is 0.328 e. The minimum absolute atomic E-state index is 0.0802. The summed E-state index contributed by atoms with van der Waals surface area (Å²) in [7, 11) is 0. The molecule has 1 atom stereocenters. The van der Waals surface area contributed by atoms with Crippen LogP contribution in [0.25, 0.3) is 10.8 Å². The summed E-state index contributed by atoms with van der Waals surface area (Å²) in [6.07, 6.45) is 3.42. The van der Waals surface area contributed by atoms with Gasteiger partial charge in [0.25, 0.3) is 5.91 Å². The van der Waals surface area contributed by atoms with Crippen LogP contribution in [0.3, 0.4) is 0 Å². The van der Waals surface area contributed by atoms with Gasteiger partial charge in [0.05, 0.1) is 6.61 Å². The molecule has 0 aliphatic carbocycles. The Morgan fingerprint density at radius 2 is 1.92 bits per heavy atom. The summed E-state index contributed by atoms with van der Waals surface area (Å²) in [6, 6.07) is 13.1. The monoisotopic (exact) mass is 353 g/mol. The zero-order chi connectivity index (χ0) is 18.5. The summed E-state index contributed by atoms with van der Waals surface area (Å²) in [5.74, 6) is 0.257. The standard InChI is InChI=1S/C22H27NO3/c1-16(2)8-7-15-26-22(25)20-13-6-14-23(20)21(24)19-12-5-10-17-9-3-4-11-18(17)19/h3-5,9-12,16,20H,6-8,13-15H2,1-2H3. The second-order valence-electron chi connectivity index (χ2n) is 7.39. The number of likely N-dealkylation sites (tertiary alicyclic amines) is 1. The number of carbonyl (C=O) groups excluding carboxylic acids is 2. The molecule has 1 heterocycles. The van der Waals surface area contributed by atoms with Crippen molar-refractivity contribution >= 4 is 22.6 Å². The van der Waals surface area contributed by atoms with E-state index in [2.05, 4.69) is 13.8 Å². The molecule has 0 bridgehead atoms. The van der Waals surface area contributed by atoms with Gasteiger partial charge in [0, 0.05) is 12.1 Å². The number of amides is 1. The first-order valence-corrected chi connectivity index (χ1v) is 9.53. The van der Waals surface area contributed by atoms with E-state index in [1.54, 1.807) is 4.90 Å². The fourth-order valence-electron chi connectivity index (χ4n) is 3.58. The van der Waals surface area contributed by atoms with E-state index in [1.807, 2.05) is 42.5 Å². The van der Waals surface area contributed by atoms with Crippen LogP contribution in [0.4, 0.5) is 0 Å². The Kier molecular flexibility index (Phi) is 5.92. The smallest absolute Gasteiger partial charge is 0.328 e. The molecule has 0 aromatic heterocycles. The van der Waals surface area contributed by atoms with Crippen molar-refractivity contribution in [2.45, 2.75) is 45.6 Å². The highest BCUT2D eigenvalue weighted by molar-refractivity contribution is 6.08. The van der Waals surface area contributed by atoms with Crippen LogP contribution in [0.2, 0.25) is 0 Å². The highest BCUT2D eigenvalue weighted by Gasteiger charge is 2.36. The Balaban J connectivity index is 1.71. The van der Waals surface area contributed by atoms with Crippen LogP contribution in [0.15, 0.2) is 42.5 Å². The maximum absolute atomic E-state index is 13.1. The van der Waals surface area contributed by atoms with E-state index in [9.17, 15) is 9.59 Å². The minimum Gasteiger partial charge on any atom is -0.464 e. The Labute approximate surface area is 155 Å². The number of carbonyl (C=O) groups is 2. The van der Waals surface area contributed by atoms with Crippen LogP contribution in [0.1, 0.15) is 49.9 Å². The van der Waals surface area contributed by atoms with Gasteiger partial charge in [-0.25, -0.2) is 4.79 Å². The molecule has 138 valence electrons. The molecule has 4 nitrogen and oxygen atoms in total. The van der Waals surface area contributed by atoms with Crippen LogP contribution >= 0.6 is 0 Å². The molecule has 1 saturated heterocycles. The van der Waals surface area contributed by atoms with Gasteiger partial charge in [0.1, 0.15) is 6.04 Å². The summed E-state index contributed by atoms with van der Waals surface area (Å²) >= 11 is 0. The summed E-state index contributed by atoms with van der Waals surface area (Å²) in [5.41, 5.74) is 0.655. The van der Waals surface area contributed by atoms with Crippen molar-refractivity contribution in [1.82, 2.24) is 4.90 Å². The molecule has 1 fully saturated rings. The van der Waals surface area contributed by atoms with Gasteiger partial charge in [0.2, 0.25) is 0 Å². The quantitative estimate of drug-likeness (QED) is 0.570. The number of nitrogens with zero attached hydrogens (tertiary/aromatic N) is 1. The number of fused-ring (bicyclic) bond motifs is 1. The Morgan fingerprint density at radius 1 is 1.15 bits per heavy atom. The molecular formula is C22H27NO3. The minimum atomic E-state index is -0.458. The van der Waals surface area contributed by atoms with E-state index in [-0.39, 0.29) is 11.9 Å². The van der Waals surface area contributed by atoms with E-state index in [4.69, 9.17) is 4.74 Å². The number of benzene rings is 2. The van der Waals surface area contributed by atoms with E-state index in [1.165, 1.54) is 0 Å². The predicted octanol–water partition coefficient (Wildman–Crippen LogP) is 4.42. The van der Waals surface area contributed by atoms with E-state index < -0.39 is 6.04 Å². The topological polar surface area (TPSA) is 46.6 Å². The largest absolute Gasteiger partial charge is 0.464 e. The van der Waals surface area contributed by atoms with Gasteiger partial charge in [-0.05, 0) is 48.4 Å². The first kappa shape index (κ1) is 18.4. The first-order chi connectivity index (χ1) is 12.6. The lowest BCUT2D eigenvalue weighted by Gasteiger charge is -2.24. The molecule has 2 aromatic rings. The third-order valence-electron chi connectivity index (χ3n) is 4.98. The molecule has 26 heavy (non-hydrogen) atoms. The summed E-state index contributed by atoms with van der Waals surface area (Å²) in [4.78, 5) is 27.3. The van der Waals surface area contributed by atoms with E-state index in [0.29, 0.717) is 31.1 Å². The molecule has 1 aliphatic rings. The zero-order valence-corrected chi connectivity index (χ0v) is 15.6. The van der Waals surface area contributed by atoms with Crippen molar-refractivity contribution in [1.29, 1.82) is 0 Å². The van der Waals surface area contributed by atoms with Crippen molar-refractivity contribution in [2.75, 3.05) is 13.2 Å². The van der Waals surface area contributed by atoms with Crippen molar-refractivity contribution in [2.24, 2.45) is 5.92 Å². The highest BCUT2D eigenvalue weighted by Crippen LogP contribution is 2.25. The molecule has 3 rings (SSSR count). The lowest BCUT2D eigenvalue weighted by atomic mass is 10.0. The van der Waals surface area contributed by atoms with Gasteiger partial charge < -0.3 is 9.64 Å². The molecule has 2 aromatic carbocycles. The van der Waals surface area contributed by atoms with Crippen LogP contribution in [-0.4, -0.2) is 36.0 Å². The number of hydrogen-bond donors (Lipinski definition) is 0. The molecule has 0 spiro atoms. The molecular weight excluding hydrogens is 326 g/mol. The molecule has 1 amide bonds. The normalized spacial score (nSPS) is 17.0. The summed E-state index contributed by atoms with van der Waals surface area (Å²) < 4.78 is 5.45. The second kappa shape index (κ2) is 8.35. The molecule has 1 aliphatic heterocycles. The van der Waals surface area contributed by atoms with Crippen LogP contribution in [-0.2, 0) is 9.53 Å². The summed E-state index contributed by atoms with van der Waals surface area (Å²) in [5, 5.41) is 1.96. The fraction of sp³-hybridized carbons (Fsp3) is 0.455. The third-order valence-corrected chi connectivity index (χ3v) is 4.98. The SMILES string of the molecule is CC(C)CCCOC(=O)C1CCCN1C(=O)c1cccc2ccccc12. The molecule has 4 heteroatoms.